The van der Waals surface area contributed by atoms with Gasteiger partial charge in [-0.2, -0.15) is 0 Å². The zero-order valence-electron chi connectivity index (χ0n) is 37.1. The molecule has 2 aromatic heterocycles. The second-order valence-corrected chi connectivity index (χ2v) is 18.0. The fourth-order valence-electron chi connectivity index (χ4n) is 10.2. The number of ether oxygens (including phenoxy) is 2. The van der Waals surface area contributed by atoms with Gasteiger partial charge in [0.2, 0.25) is 11.8 Å². The van der Waals surface area contributed by atoms with Crippen molar-refractivity contribution in [3.63, 3.8) is 0 Å². The Morgan fingerprint density at radius 2 is 1.41 bits per heavy atom. The molecule has 8 rings (SSSR count). The summed E-state index contributed by atoms with van der Waals surface area (Å²) < 4.78 is 9.57. The minimum Gasteiger partial charge on any atom is -0.453 e. The summed E-state index contributed by atoms with van der Waals surface area (Å²) in [4.78, 5) is 71.1. The molecule has 4 amide bonds. The van der Waals surface area contributed by atoms with Crippen molar-refractivity contribution >= 4 is 24.0 Å². The maximum Gasteiger partial charge on any atom is 0.407 e. The number of fused-ring (bicyclic) bond motifs is 2. The number of amides is 4. The number of H-pyrrole nitrogens is 2. The minimum atomic E-state index is -0.735. The van der Waals surface area contributed by atoms with E-state index in [1.165, 1.54) is 56.6 Å². The van der Waals surface area contributed by atoms with Crippen LogP contribution in [-0.4, -0.2) is 99.7 Å². The number of aromatic nitrogens is 4. The lowest BCUT2D eigenvalue weighted by Gasteiger charge is -2.30. The largest absolute Gasteiger partial charge is 0.453 e. The van der Waals surface area contributed by atoms with Crippen molar-refractivity contribution < 1.29 is 28.7 Å². The number of nitrogens with one attached hydrogen (secondary N) is 5. The molecule has 2 aliphatic heterocycles. The number of carbonyl (C=O) groups excluding carboxylic acids is 4. The van der Waals surface area contributed by atoms with Crippen LogP contribution in [0.3, 0.4) is 0 Å². The quantitative estimate of drug-likeness (QED) is 0.111. The molecule has 15 heteroatoms. The van der Waals surface area contributed by atoms with Crippen molar-refractivity contribution in [2.24, 2.45) is 11.8 Å². The summed E-state index contributed by atoms with van der Waals surface area (Å²) in [7, 11) is 2.58. The number of hydrogen-bond acceptors (Lipinski definition) is 9. The van der Waals surface area contributed by atoms with Gasteiger partial charge in [0, 0.05) is 25.2 Å². The molecule has 2 saturated heterocycles. The van der Waals surface area contributed by atoms with Gasteiger partial charge in [-0.05, 0) is 95.6 Å². The lowest BCUT2D eigenvalue weighted by atomic mass is 9.76. The second-order valence-electron chi connectivity index (χ2n) is 18.0. The molecule has 4 aliphatic rings. The summed E-state index contributed by atoms with van der Waals surface area (Å²) in [5.41, 5.74) is 8.90. The van der Waals surface area contributed by atoms with Gasteiger partial charge in [0.1, 0.15) is 35.6 Å². The van der Waals surface area contributed by atoms with E-state index in [1.807, 2.05) is 38.8 Å². The Labute approximate surface area is 368 Å². The lowest BCUT2D eigenvalue weighted by Crippen LogP contribution is -2.51. The van der Waals surface area contributed by atoms with E-state index in [9.17, 15) is 19.2 Å². The first-order valence-corrected chi connectivity index (χ1v) is 22.3. The number of imidazole rings is 2. The zero-order chi connectivity index (χ0) is 44.4. The molecule has 0 unspecified atom stereocenters. The number of hydrogen-bond donors (Lipinski definition) is 5. The van der Waals surface area contributed by atoms with E-state index in [1.54, 1.807) is 11.1 Å². The molecule has 2 aromatic carbocycles. The molecule has 4 heterocycles. The topological polar surface area (TPSA) is 187 Å². The number of rotatable bonds is 10. The van der Waals surface area contributed by atoms with Crippen LogP contribution in [-0.2, 0) is 30.9 Å². The highest BCUT2D eigenvalue weighted by Crippen LogP contribution is 2.54. The summed E-state index contributed by atoms with van der Waals surface area (Å²) >= 11 is 0. The van der Waals surface area contributed by atoms with Gasteiger partial charge in [0.15, 0.2) is 0 Å². The standard InChI is InChI=1S/C48H59N9O6/c1-28(2)39(54-46(60)62-5)44(58)56-24-9-10-37(56)41-51-27-36(53-41)32-13-11-30(12-14-32)34-18-16-31(35-19-22-48(38(34)35)20-7-8-21-48)15-17-33-26-50-42(52-33)43-49-23-25-57(43)45(59)40(29(3)4)55-47(61)63-6/h11-14,16,18,26-29,37,39-40,43,49H,7-10,19-25H2,1-6H3,(H,50,52)(H,51,53)(H,54,60)(H,55,61)/t37-,39-,40-,43+/m0/s1. The number of likely N-dealkylation sites (tertiary alicyclic amines) is 1. The van der Waals surface area contributed by atoms with E-state index in [0.717, 1.165) is 53.9 Å². The molecule has 332 valence electrons. The highest BCUT2D eigenvalue weighted by Gasteiger charge is 2.44. The summed E-state index contributed by atoms with van der Waals surface area (Å²) in [6.07, 6.45) is 10.4. The summed E-state index contributed by atoms with van der Waals surface area (Å²) in [6, 6.07) is 11.4. The van der Waals surface area contributed by atoms with E-state index in [-0.39, 0.29) is 35.1 Å². The van der Waals surface area contributed by atoms with E-state index in [2.05, 4.69) is 79.1 Å². The van der Waals surface area contributed by atoms with Gasteiger partial charge in [-0.1, -0.05) is 76.8 Å². The van der Waals surface area contributed by atoms with Gasteiger partial charge < -0.3 is 39.9 Å². The van der Waals surface area contributed by atoms with Gasteiger partial charge in [0.05, 0.1) is 38.3 Å². The summed E-state index contributed by atoms with van der Waals surface area (Å²) in [6.45, 7) is 9.27. The van der Waals surface area contributed by atoms with Gasteiger partial charge in [0.25, 0.3) is 0 Å². The molecule has 0 radical (unpaired) electrons. The van der Waals surface area contributed by atoms with E-state index in [0.29, 0.717) is 31.2 Å². The van der Waals surface area contributed by atoms with Crippen molar-refractivity contribution in [3.8, 4) is 34.2 Å². The SMILES string of the molecule is COC(=O)N[C@H](C(=O)N1CCC[C@H]1c1ncc(-c2ccc(-c3ccc(C#Cc4cnc([C@@H]5NCCN5C(=O)[C@@H](NC(=O)OC)C(C)C)[nH]4)c4c3C3(CCCC3)CC4)cc2)[nH]1)C(C)C. The van der Waals surface area contributed by atoms with Crippen LogP contribution >= 0.6 is 0 Å². The van der Waals surface area contributed by atoms with Gasteiger partial charge >= 0.3 is 12.2 Å². The Balaban J connectivity index is 1.01. The van der Waals surface area contributed by atoms with Crippen molar-refractivity contribution in [2.45, 2.75) is 109 Å². The van der Waals surface area contributed by atoms with Crippen molar-refractivity contribution in [1.82, 2.24) is 45.7 Å². The third-order valence-corrected chi connectivity index (χ3v) is 13.5. The minimum absolute atomic E-state index is 0.107. The van der Waals surface area contributed by atoms with Gasteiger partial charge in [-0.25, -0.2) is 19.6 Å². The molecule has 1 saturated carbocycles. The third kappa shape index (κ3) is 8.65. The molecule has 4 atom stereocenters. The fourth-order valence-corrected chi connectivity index (χ4v) is 10.2. The van der Waals surface area contributed by atoms with Gasteiger partial charge in [-0.3, -0.25) is 14.9 Å². The number of alkyl carbamates (subject to hydrolysis) is 2. The van der Waals surface area contributed by atoms with Crippen LogP contribution in [0.25, 0.3) is 22.4 Å². The Hall–Kier alpha value is -6.14. The molecular formula is C48H59N9O6. The first-order valence-electron chi connectivity index (χ1n) is 22.3. The van der Waals surface area contributed by atoms with Crippen LogP contribution in [0.5, 0.6) is 0 Å². The van der Waals surface area contributed by atoms with E-state index < -0.39 is 30.4 Å². The number of benzene rings is 2. The van der Waals surface area contributed by atoms with Crippen LogP contribution in [0.4, 0.5) is 9.59 Å². The van der Waals surface area contributed by atoms with Crippen LogP contribution in [0.15, 0.2) is 48.8 Å². The van der Waals surface area contributed by atoms with E-state index in [4.69, 9.17) is 14.5 Å². The molecule has 15 nitrogen and oxygen atoms in total. The summed E-state index contributed by atoms with van der Waals surface area (Å²) in [5, 5.41) is 8.77. The van der Waals surface area contributed by atoms with Crippen molar-refractivity contribution in [3.05, 3.63) is 82.8 Å². The van der Waals surface area contributed by atoms with Crippen molar-refractivity contribution in [1.29, 1.82) is 0 Å². The monoisotopic (exact) mass is 857 g/mol. The van der Waals surface area contributed by atoms with Crippen LogP contribution in [0.1, 0.15) is 119 Å². The molecule has 3 fully saturated rings. The third-order valence-electron chi connectivity index (χ3n) is 13.5. The first-order chi connectivity index (χ1) is 30.4. The number of carbonyl (C=O) groups is 4. The molecule has 1 spiro atoms. The molecule has 2 aliphatic carbocycles. The highest BCUT2D eigenvalue weighted by atomic mass is 16.5. The molecule has 4 aromatic rings. The van der Waals surface area contributed by atoms with E-state index >= 15 is 0 Å². The molecule has 0 bridgehead atoms. The number of methoxy groups -OCH3 is 2. The zero-order valence-corrected chi connectivity index (χ0v) is 37.1. The Kier molecular flexibility index (Phi) is 12.6. The van der Waals surface area contributed by atoms with Crippen LogP contribution in [0, 0.1) is 23.7 Å². The molecule has 63 heavy (non-hydrogen) atoms. The molecular weight excluding hydrogens is 799 g/mol. The fraction of sp³-hybridized carbons (Fsp3) is 0.500. The summed E-state index contributed by atoms with van der Waals surface area (Å²) in [5.74, 6) is 7.58. The van der Waals surface area contributed by atoms with Crippen LogP contribution < -0.4 is 16.0 Å². The second kappa shape index (κ2) is 18.3. The number of aromatic amines is 2. The Morgan fingerprint density at radius 3 is 2.08 bits per heavy atom. The predicted octanol–water partition coefficient (Wildman–Crippen LogP) is 6.48. The number of nitrogens with zero attached hydrogens (tertiary/aromatic N) is 4. The van der Waals surface area contributed by atoms with Gasteiger partial charge in [-0.15, -0.1) is 0 Å². The van der Waals surface area contributed by atoms with Crippen LogP contribution in [0.2, 0.25) is 0 Å². The predicted molar refractivity (Wildman–Crippen MR) is 237 cm³/mol. The lowest BCUT2D eigenvalue weighted by molar-refractivity contribution is -0.136. The Morgan fingerprint density at radius 1 is 0.762 bits per heavy atom. The van der Waals surface area contributed by atoms with Crippen molar-refractivity contribution in [2.75, 3.05) is 33.9 Å². The Bertz CT molecular complexity index is 2400. The smallest absolute Gasteiger partial charge is 0.407 e. The maximum atomic E-state index is 13.7. The first kappa shape index (κ1) is 43.5. The highest BCUT2D eigenvalue weighted by molar-refractivity contribution is 5.87. The average Bonchev–Trinajstić information content (AvgIpc) is 4.15. The average molecular weight is 858 g/mol. The maximum absolute atomic E-state index is 13.7. The molecule has 5 N–H and O–H groups in total. The normalized spacial score (nSPS) is 19.8.